The molecule has 35 heavy (non-hydrogen) atoms. The summed E-state index contributed by atoms with van der Waals surface area (Å²) >= 11 is 0. The van der Waals surface area contributed by atoms with Crippen LogP contribution in [0.3, 0.4) is 0 Å². The van der Waals surface area contributed by atoms with Gasteiger partial charge in [-0.05, 0) is 63.3 Å². The van der Waals surface area contributed by atoms with E-state index in [1.54, 1.807) is 16.9 Å². The van der Waals surface area contributed by atoms with E-state index in [0.29, 0.717) is 17.9 Å². The van der Waals surface area contributed by atoms with Gasteiger partial charge >= 0.3 is 0 Å². The standard InChI is InChI=1S/C27H36N6O2/c1-4-33-23(16-17-28-33)26(34)30-25(21-10-8-6-5-7-9-11-21)27(35)29-22-14-12-20(13-15-22)24-18(2)31-32-19(24)3/h12-17,21,25H,4-11H2,1-3H3,(H,29,35)(H,30,34)(H,31,32). The van der Waals surface area contributed by atoms with Crippen LogP contribution in [0.1, 0.15) is 73.7 Å². The molecule has 0 radical (unpaired) electrons. The van der Waals surface area contributed by atoms with Gasteiger partial charge in [0.2, 0.25) is 5.91 Å². The third-order valence-corrected chi connectivity index (χ3v) is 7.01. The maximum absolute atomic E-state index is 13.5. The number of H-pyrrole nitrogens is 1. The third-order valence-electron chi connectivity index (χ3n) is 7.01. The number of anilines is 1. The fourth-order valence-electron chi connectivity index (χ4n) is 5.13. The molecule has 0 aliphatic heterocycles. The van der Waals surface area contributed by atoms with Gasteiger partial charge < -0.3 is 10.6 Å². The van der Waals surface area contributed by atoms with Crippen molar-refractivity contribution in [1.82, 2.24) is 25.3 Å². The highest BCUT2D eigenvalue weighted by Gasteiger charge is 2.31. The maximum atomic E-state index is 13.5. The minimum Gasteiger partial charge on any atom is -0.339 e. The first-order chi connectivity index (χ1) is 17.0. The van der Waals surface area contributed by atoms with Gasteiger partial charge in [0.15, 0.2) is 0 Å². The average Bonchev–Trinajstić information content (AvgIpc) is 3.44. The molecule has 186 valence electrons. The van der Waals surface area contributed by atoms with Crippen LogP contribution in [0.25, 0.3) is 11.1 Å². The number of nitrogens with one attached hydrogen (secondary N) is 3. The molecular weight excluding hydrogens is 440 g/mol. The van der Waals surface area contributed by atoms with Crippen molar-refractivity contribution < 1.29 is 9.59 Å². The largest absolute Gasteiger partial charge is 0.339 e. The maximum Gasteiger partial charge on any atom is 0.270 e. The molecule has 0 bridgehead atoms. The van der Waals surface area contributed by atoms with Gasteiger partial charge in [-0.3, -0.25) is 19.4 Å². The fraction of sp³-hybridized carbons (Fsp3) is 0.481. The summed E-state index contributed by atoms with van der Waals surface area (Å²) in [6, 6.07) is 8.89. The predicted molar refractivity (Wildman–Crippen MR) is 137 cm³/mol. The highest BCUT2D eigenvalue weighted by Crippen LogP contribution is 2.28. The average molecular weight is 477 g/mol. The number of carbonyl (C=O) groups excluding carboxylic acids is 2. The fourth-order valence-corrected chi connectivity index (χ4v) is 5.13. The van der Waals surface area contributed by atoms with E-state index in [4.69, 9.17) is 0 Å². The molecule has 2 aromatic heterocycles. The quantitative estimate of drug-likeness (QED) is 0.446. The van der Waals surface area contributed by atoms with E-state index in [0.717, 1.165) is 48.2 Å². The summed E-state index contributed by atoms with van der Waals surface area (Å²) in [5.41, 5.74) is 5.27. The molecule has 1 saturated carbocycles. The molecule has 1 fully saturated rings. The second kappa shape index (κ2) is 11.3. The van der Waals surface area contributed by atoms with Crippen molar-refractivity contribution in [3.8, 4) is 11.1 Å². The van der Waals surface area contributed by atoms with Crippen molar-refractivity contribution in [3.63, 3.8) is 0 Å². The van der Waals surface area contributed by atoms with Crippen molar-refractivity contribution >= 4 is 17.5 Å². The Labute approximate surface area is 206 Å². The second-order valence-corrected chi connectivity index (χ2v) is 9.46. The van der Waals surface area contributed by atoms with Gasteiger partial charge in [0, 0.05) is 29.7 Å². The van der Waals surface area contributed by atoms with Crippen LogP contribution >= 0.6 is 0 Å². The van der Waals surface area contributed by atoms with Crippen LogP contribution in [0, 0.1) is 19.8 Å². The smallest absolute Gasteiger partial charge is 0.270 e. The highest BCUT2D eigenvalue weighted by molar-refractivity contribution is 6.00. The summed E-state index contributed by atoms with van der Waals surface area (Å²) in [5, 5.41) is 17.6. The van der Waals surface area contributed by atoms with Crippen molar-refractivity contribution in [2.75, 3.05) is 5.32 Å². The van der Waals surface area contributed by atoms with E-state index in [1.165, 1.54) is 19.3 Å². The number of hydrogen-bond donors (Lipinski definition) is 3. The Hall–Kier alpha value is -3.42. The SMILES string of the molecule is CCn1nccc1C(=O)NC(C(=O)Nc1ccc(-c2c(C)n[nH]c2C)cc1)C1CCCCCCC1. The van der Waals surface area contributed by atoms with Gasteiger partial charge in [-0.25, -0.2) is 0 Å². The highest BCUT2D eigenvalue weighted by atomic mass is 16.2. The molecule has 1 aliphatic rings. The lowest BCUT2D eigenvalue weighted by atomic mass is 9.85. The van der Waals surface area contributed by atoms with E-state index in [1.807, 2.05) is 45.0 Å². The number of aromatic amines is 1. The second-order valence-electron chi connectivity index (χ2n) is 9.46. The number of nitrogens with zero attached hydrogens (tertiary/aromatic N) is 3. The summed E-state index contributed by atoms with van der Waals surface area (Å²) in [6.07, 6.45) is 9.24. The molecule has 0 saturated heterocycles. The Morgan fingerprint density at radius 2 is 1.74 bits per heavy atom. The number of amides is 2. The van der Waals surface area contributed by atoms with Gasteiger partial charge in [-0.15, -0.1) is 0 Å². The Morgan fingerprint density at radius 1 is 1.06 bits per heavy atom. The zero-order chi connectivity index (χ0) is 24.8. The van der Waals surface area contributed by atoms with Crippen LogP contribution in [-0.4, -0.2) is 37.8 Å². The lowest BCUT2D eigenvalue weighted by molar-refractivity contribution is -0.119. The number of aromatic nitrogens is 4. The van der Waals surface area contributed by atoms with E-state index in [2.05, 4.69) is 25.9 Å². The summed E-state index contributed by atoms with van der Waals surface area (Å²) in [5.74, 6) is -0.324. The Balaban J connectivity index is 1.52. The van der Waals surface area contributed by atoms with Gasteiger partial charge in [-0.2, -0.15) is 10.2 Å². The van der Waals surface area contributed by atoms with E-state index >= 15 is 0 Å². The van der Waals surface area contributed by atoms with Crippen LogP contribution in [0.4, 0.5) is 5.69 Å². The van der Waals surface area contributed by atoms with Gasteiger partial charge in [0.1, 0.15) is 11.7 Å². The molecule has 8 heteroatoms. The lowest BCUT2D eigenvalue weighted by Gasteiger charge is -2.29. The van der Waals surface area contributed by atoms with Gasteiger partial charge in [0.25, 0.3) is 5.91 Å². The van der Waals surface area contributed by atoms with Crippen molar-refractivity contribution in [1.29, 1.82) is 0 Å². The van der Waals surface area contributed by atoms with Crippen LogP contribution in [-0.2, 0) is 11.3 Å². The van der Waals surface area contributed by atoms with Crippen LogP contribution in [0.5, 0.6) is 0 Å². The number of rotatable bonds is 7. The first-order valence-corrected chi connectivity index (χ1v) is 12.7. The minimum atomic E-state index is -0.598. The molecule has 4 rings (SSSR count). The Bertz CT molecular complexity index is 1120. The first-order valence-electron chi connectivity index (χ1n) is 12.7. The summed E-state index contributed by atoms with van der Waals surface area (Å²) in [7, 11) is 0. The summed E-state index contributed by atoms with van der Waals surface area (Å²) < 4.78 is 1.65. The van der Waals surface area contributed by atoms with E-state index < -0.39 is 6.04 Å². The zero-order valence-electron chi connectivity index (χ0n) is 20.9. The van der Waals surface area contributed by atoms with E-state index in [-0.39, 0.29) is 17.7 Å². The number of benzene rings is 1. The summed E-state index contributed by atoms with van der Waals surface area (Å²) in [6.45, 7) is 6.51. The van der Waals surface area contributed by atoms with Crippen molar-refractivity contribution in [3.05, 3.63) is 53.6 Å². The molecule has 1 atom stereocenters. The van der Waals surface area contributed by atoms with Crippen LogP contribution < -0.4 is 10.6 Å². The first kappa shape index (κ1) is 24.7. The van der Waals surface area contributed by atoms with E-state index in [9.17, 15) is 9.59 Å². The molecule has 2 amide bonds. The van der Waals surface area contributed by atoms with Crippen molar-refractivity contribution in [2.24, 2.45) is 5.92 Å². The molecule has 1 aromatic carbocycles. The number of hydrogen-bond acceptors (Lipinski definition) is 4. The molecule has 3 N–H and O–H groups in total. The number of carbonyl (C=O) groups is 2. The molecule has 3 aromatic rings. The molecular formula is C27H36N6O2. The normalized spacial score (nSPS) is 15.7. The van der Waals surface area contributed by atoms with Crippen molar-refractivity contribution in [2.45, 2.75) is 78.3 Å². The lowest BCUT2D eigenvalue weighted by Crippen LogP contribution is -2.49. The zero-order valence-corrected chi connectivity index (χ0v) is 20.9. The Kier molecular flexibility index (Phi) is 8.00. The molecule has 8 nitrogen and oxygen atoms in total. The number of aryl methyl sites for hydroxylation is 3. The predicted octanol–water partition coefficient (Wildman–Crippen LogP) is 5.01. The molecule has 1 unspecified atom stereocenters. The van der Waals surface area contributed by atoms with Crippen LogP contribution in [0.15, 0.2) is 36.5 Å². The monoisotopic (exact) mass is 476 g/mol. The molecule has 1 aliphatic carbocycles. The molecule has 2 heterocycles. The molecule has 0 spiro atoms. The van der Waals surface area contributed by atoms with Gasteiger partial charge in [0.05, 0.1) is 5.69 Å². The topological polar surface area (TPSA) is 105 Å². The van der Waals surface area contributed by atoms with Gasteiger partial charge in [-0.1, -0.05) is 44.2 Å². The Morgan fingerprint density at radius 3 is 2.37 bits per heavy atom. The summed E-state index contributed by atoms with van der Waals surface area (Å²) in [4.78, 5) is 26.7. The minimum absolute atomic E-state index is 0.104. The van der Waals surface area contributed by atoms with Crippen LogP contribution in [0.2, 0.25) is 0 Å². The third kappa shape index (κ3) is 5.81.